The lowest BCUT2D eigenvalue weighted by Gasteiger charge is -1.95. The Bertz CT molecular complexity index is 80.9. The first-order chi connectivity index (χ1) is 4.31. The minimum atomic E-state index is -0.0940. The first-order valence-corrected chi connectivity index (χ1v) is 3.38. The molecule has 0 aromatic carbocycles. The summed E-state index contributed by atoms with van der Waals surface area (Å²) >= 11 is 0. The van der Waals surface area contributed by atoms with Gasteiger partial charge in [0.05, 0.1) is 7.11 Å². The van der Waals surface area contributed by atoms with E-state index in [1.807, 2.05) is 0 Å². The van der Waals surface area contributed by atoms with Crippen LogP contribution in [0.1, 0.15) is 32.6 Å². The Morgan fingerprint density at radius 3 is 2.40 bits per heavy atom. The number of methoxy groups -OCH3 is 1. The van der Waals surface area contributed by atoms with E-state index in [2.05, 4.69) is 11.7 Å². The molecular weight excluding hydrogens is 132 g/mol. The van der Waals surface area contributed by atoms with E-state index in [9.17, 15) is 4.79 Å². The fourth-order valence-corrected chi connectivity index (χ4v) is 0.621. The van der Waals surface area contributed by atoms with Gasteiger partial charge in [-0.2, -0.15) is 0 Å². The molecule has 3 heteroatoms. The third kappa shape index (κ3) is 7.43. The number of hydrogen-bond acceptors (Lipinski definition) is 2. The van der Waals surface area contributed by atoms with Crippen LogP contribution in [0.3, 0.4) is 0 Å². The lowest BCUT2D eigenvalue weighted by molar-refractivity contribution is -0.140. The number of carbonyl (C=O) groups is 1. The van der Waals surface area contributed by atoms with Crippen LogP contribution >= 0.6 is 0 Å². The van der Waals surface area contributed by atoms with Crippen LogP contribution < -0.4 is 0 Å². The summed E-state index contributed by atoms with van der Waals surface area (Å²) in [6, 6.07) is 0. The third-order valence-electron chi connectivity index (χ3n) is 1.21. The Kier molecular flexibility index (Phi) is 10.2. The number of rotatable bonds is 4. The van der Waals surface area contributed by atoms with Gasteiger partial charge in [0.2, 0.25) is 0 Å². The van der Waals surface area contributed by atoms with Gasteiger partial charge in [-0.3, -0.25) is 4.79 Å². The molecule has 0 saturated heterocycles. The third-order valence-corrected chi connectivity index (χ3v) is 1.21. The van der Waals surface area contributed by atoms with Gasteiger partial charge in [0.1, 0.15) is 0 Å². The van der Waals surface area contributed by atoms with Crippen molar-refractivity contribution >= 4 is 5.97 Å². The van der Waals surface area contributed by atoms with Gasteiger partial charge in [0.15, 0.2) is 0 Å². The Balaban J connectivity index is 0. The van der Waals surface area contributed by atoms with E-state index >= 15 is 0 Å². The zero-order valence-corrected chi connectivity index (χ0v) is 6.64. The van der Waals surface area contributed by atoms with Crippen LogP contribution in [0.5, 0.6) is 0 Å². The number of ether oxygens (including phenoxy) is 1. The molecule has 0 amide bonds. The highest BCUT2D eigenvalue weighted by atomic mass is 16.5. The maximum absolute atomic E-state index is 10.5. The molecule has 0 radical (unpaired) electrons. The Labute approximate surface area is 61.7 Å². The lowest BCUT2D eigenvalue weighted by Crippen LogP contribution is -1.98. The highest BCUT2D eigenvalue weighted by molar-refractivity contribution is 5.68. The highest BCUT2D eigenvalue weighted by Gasteiger charge is 1.96. The average Bonchev–Trinajstić information content (AvgIpc) is 1.89. The van der Waals surface area contributed by atoms with E-state index in [0.717, 1.165) is 19.3 Å². The molecule has 10 heavy (non-hydrogen) atoms. The van der Waals surface area contributed by atoms with Crippen molar-refractivity contribution in [3.63, 3.8) is 0 Å². The van der Waals surface area contributed by atoms with Gasteiger partial charge < -0.3 is 10.2 Å². The molecule has 0 heterocycles. The SMILES string of the molecule is CCCCCC(=O)OC.O. The summed E-state index contributed by atoms with van der Waals surface area (Å²) in [6.07, 6.45) is 3.81. The van der Waals surface area contributed by atoms with Crippen molar-refractivity contribution in [2.24, 2.45) is 0 Å². The summed E-state index contributed by atoms with van der Waals surface area (Å²) in [5.41, 5.74) is 0. The van der Waals surface area contributed by atoms with Crippen LogP contribution in [0.4, 0.5) is 0 Å². The van der Waals surface area contributed by atoms with E-state index < -0.39 is 0 Å². The predicted molar refractivity (Wildman–Crippen MR) is 39.8 cm³/mol. The minimum absolute atomic E-state index is 0. The maximum Gasteiger partial charge on any atom is 0.305 e. The molecule has 62 valence electrons. The molecule has 0 unspecified atom stereocenters. The smallest absolute Gasteiger partial charge is 0.305 e. The van der Waals surface area contributed by atoms with Gasteiger partial charge in [-0.15, -0.1) is 0 Å². The monoisotopic (exact) mass is 148 g/mol. The summed E-state index contributed by atoms with van der Waals surface area (Å²) in [4.78, 5) is 10.5. The molecule has 0 fully saturated rings. The van der Waals surface area contributed by atoms with E-state index in [1.54, 1.807) is 0 Å². The zero-order chi connectivity index (χ0) is 7.11. The van der Waals surface area contributed by atoms with Gasteiger partial charge >= 0.3 is 5.97 Å². The van der Waals surface area contributed by atoms with Crippen molar-refractivity contribution in [1.29, 1.82) is 0 Å². The summed E-state index contributed by atoms with van der Waals surface area (Å²) in [5, 5.41) is 0. The van der Waals surface area contributed by atoms with Gasteiger partial charge in [0, 0.05) is 6.42 Å². The molecule has 2 N–H and O–H groups in total. The van der Waals surface area contributed by atoms with Crippen molar-refractivity contribution < 1.29 is 15.0 Å². The van der Waals surface area contributed by atoms with Gasteiger partial charge in [-0.05, 0) is 6.42 Å². The molecular formula is C7H16O3. The molecule has 0 saturated carbocycles. The fraction of sp³-hybridized carbons (Fsp3) is 0.857. The molecule has 0 spiro atoms. The molecule has 0 atom stereocenters. The predicted octanol–water partition coefficient (Wildman–Crippen LogP) is 0.915. The highest BCUT2D eigenvalue weighted by Crippen LogP contribution is 1.98. The zero-order valence-electron chi connectivity index (χ0n) is 6.64. The summed E-state index contributed by atoms with van der Waals surface area (Å²) in [6.45, 7) is 2.11. The van der Waals surface area contributed by atoms with Gasteiger partial charge in [-0.25, -0.2) is 0 Å². The van der Waals surface area contributed by atoms with E-state index in [-0.39, 0.29) is 11.4 Å². The molecule has 0 rings (SSSR count). The van der Waals surface area contributed by atoms with Crippen molar-refractivity contribution in [2.45, 2.75) is 32.6 Å². The maximum atomic E-state index is 10.5. The number of carbonyl (C=O) groups excluding carboxylic acids is 1. The van der Waals surface area contributed by atoms with Crippen LogP contribution in [-0.4, -0.2) is 18.6 Å². The second-order valence-electron chi connectivity index (χ2n) is 2.03. The Morgan fingerprint density at radius 1 is 1.40 bits per heavy atom. The van der Waals surface area contributed by atoms with Crippen LogP contribution in [0.2, 0.25) is 0 Å². The standard InChI is InChI=1S/C7H14O2.H2O/c1-3-4-5-6-7(8)9-2;/h3-6H2,1-2H3;1H2. The minimum Gasteiger partial charge on any atom is -0.469 e. The number of unbranched alkanes of at least 4 members (excludes halogenated alkanes) is 2. The normalized spacial score (nSPS) is 8.20. The van der Waals surface area contributed by atoms with Crippen LogP contribution in [-0.2, 0) is 9.53 Å². The largest absolute Gasteiger partial charge is 0.469 e. The second kappa shape index (κ2) is 8.43. The topological polar surface area (TPSA) is 57.8 Å². The molecule has 3 nitrogen and oxygen atoms in total. The summed E-state index contributed by atoms with van der Waals surface area (Å²) in [7, 11) is 1.42. The van der Waals surface area contributed by atoms with Crippen molar-refractivity contribution in [1.82, 2.24) is 0 Å². The first kappa shape index (κ1) is 12.1. The van der Waals surface area contributed by atoms with E-state index in [1.165, 1.54) is 7.11 Å². The van der Waals surface area contributed by atoms with E-state index in [0.29, 0.717) is 6.42 Å². The molecule has 0 bridgehead atoms. The number of hydrogen-bond donors (Lipinski definition) is 0. The average molecular weight is 148 g/mol. The fourth-order valence-electron chi connectivity index (χ4n) is 0.621. The first-order valence-electron chi connectivity index (χ1n) is 3.38. The number of esters is 1. The lowest BCUT2D eigenvalue weighted by atomic mass is 10.2. The van der Waals surface area contributed by atoms with Gasteiger partial charge in [-0.1, -0.05) is 19.8 Å². The summed E-state index contributed by atoms with van der Waals surface area (Å²) < 4.78 is 4.46. The molecule has 0 aromatic heterocycles. The van der Waals surface area contributed by atoms with Crippen molar-refractivity contribution in [3.05, 3.63) is 0 Å². The molecule has 0 aromatic rings. The van der Waals surface area contributed by atoms with Crippen molar-refractivity contribution in [3.8, 4) is 0 Å². The van der Waals surface area contributed by atoms with Crippen LogP contribution in [0.15, 0.2) is 0 Å². The molecule has 0 aliphatic carbocycles. The van der Waals surface area contributed by atoms with Crippen molar-refractivity contribution in [2.75, 3.05) is 7.11 Å². The van der Waals surface area contributed by atoms with Gasteiger partial charge in [0.25, 0.3) is 0 Å². The Hall–Kier alpha value is -0.570. The summed E-state index contributed by atoms with van der Waals surface area (Å²) in [5.74, 6) is -0.0940. The Morgan fingerprint density at radius 2 is 2.00 bits per heavy atom. The van der Waals surface area contributed by atoms with Crippen LogP contribution in [0.25, 0.3) is 0 Å². The quantitative estimate of drug-likeness (QED) is 0.439. The molecule has 0 aliphatic rings. The van der Waals surface area contributed by atoms with Crippen LogP contribution in [0, 0.1) is 0 Å². The van der Waals surface area contributed by atoms with E-state index in [4.69, 9.17) is 0 Å². The molecule has 0 aliphatic heterocycles. The second-order valence-corrected chi connectivity index (χ2v) is 2.03.